The maximum absolute atomic E-state index is 6.04. The van der Waals surface area contributed by atoms with E-state index in [0.717, 1.165) is 12.8 Å². The molecule has 0 saturated heterocycles. The quantitative estimate of drug-likeness (QED) is 0.675. The Kier molecular flexibility index (Phi) is 2.20. The van der Waals surface area contributed by atoms with Gasteiger partial charge in [-0.1, -0.05) is 40.2 Å². The molecular weight excluding hydrogens is 214 g/mol. The van der Waals surface area contributed by atoms with Crippen LogP contribution >= 0.6 is 15.9 Å². The van der Waals surface area contributed by atoms with Gasteiger partial charge >= 0.3 is 0 Å². The van der Waals surface area contributed by atoms with Crippen molar-refractivity contribution in [1.29, 1.82) is 0 Å². The first kappa shape index (κ1) is 8.27. The van der Waals surface area contributed by atoms with E-state index in [-0.39, 0.29) is 6.04 Å². The summed E-state index contributed by atoms with van der Waals surface area (Å²) in [6.45, 7) is 0. The Bertz CT molecular complexity index is 285. The number of fused-ring (bicyclic) bond motifs is 1. The van der Waals surface area contributed by atoms with Crippen molar-refractivity contribution in [3.63, 3.8) is 0 Å². The molecule has 0 radical (unpaired) electrons. The highest BCUT2D eigenvalue weighted by molar-refractivity contribution is 9.09. The average molecular weight is 226 g/mol. The summed E-state index contributed by atoms with van der Waals surface area (Å²) in [4.78, 5) is 0.451. The van der Waals surface area contributed by atoms with Crippen LogP contribution in [0.3, 0.4) is 0 Å². The molecule has 2 rings (SSSR count). The summed E-state index contributed by atoms with van der Waals surface area (Å²) in [5.41, 5.74) is 8.77. The fraction of sp³-hybridized carbons (Fsp3) is 0.400. The van der Waals surface area contributed by atoms with E-state index in [1.807, 2.05) is 0 Å². The summed E-state index contributed by atoms with van der Waals surface area (Å²) in [5.74, 6) is 0. The van der Waals surface area contributed by atoms with Crippen LogP contribution in [0.15, 0.2) is 24.3 Å². The third kappa shape index (κ3) is 1.29. The molecule has 0 amide bonds. The summed E-state index contributed by atoms with van der Waals surface area (Å²) in [5, 5.41) is 0. The normalized spacial score (nSPS) is 28.2. The molecule has 2 atom stereocenters. The largest absolute Gasteiger partial charge is 0.323 e. The van der Waals surface area contributed by atoms with Crippen LogP contribution in [0, 0.1) is 0 Å². The van der Waals surface area contributed by atoms with Crippen molar-refractivity contribution in [2.75, 3.05) is 0 Å². The second kappa shape index (κ2) is 3.19. The molecule has 1 aromatic rings. The van der Waals surface area contributed by atoms with Gasteiger partial charge in [-0.15, -0.1) is 0 Å². The Hall–Kier alpha value is -0.340. The Balaban J connectivity index is 2.42. The number of hydrogen-bond donors (Lipinski definition) is 1. The number of hydrogen-bond acceptors (Lipinski definition) is 1. The number of rotatable bonds is 0. The molecule has 12 heavy (non-hydrogen) atoms. The molecule has 0 heterocycles. The minimum Gasteiger partial charge on any atom is -0.323 e. The van der Waals surface area contributed by atoms with Crippen molar-refractivity contribution in [3.8, 4) is 0 Å². The SMILES string of the molecule is NC1c2ccccc2CCC1Br. The molecule has 64 valence electrons. The third-order valence-electron chi connectivity index (χ3n) is 2.49. The molecule has 1 aliphatic rings. The summed E-state index contributed by atoms with van der Waals surface area (Å²) < 4.78 is 0. The lowest BCUT2D eigenvalue weighted by atomic mass is 9.88. The van der Waals surface area contributed by atoms with Gasteiger partial charge in [-0.05, 0) is 24.0 Å². The summed E-state index contributed by atoms with van der Waals surface area (Å²) >= 11 is 3.60. The lowest BCUT2D eigenvalue weighted by molar-refractivity contribution is 0.595. The standard InChI is InChI=1S/C10H12BrN/c11-9-6-5-7-3-1-2-4-8(7)10(9)12/h1-4,9-10H,5-6,12H2. The van der Waals surface area contributed by atoms with Crippen molar-refractivity contribution >= 4 is 15.9 Å². The number of nitrogens with two attached hydrogens (primary N) is 1. The number of aryl methyl sites for hydroxylation is 1. The topological polar surface area (TPSA) is 26.0 Å². The molecular formula is C10H12BrN. The van der Waals surface area contributed by atoms with Crippen LogP contribution in [-0.2, 0) is 6.42 Å². The minimum atomic E-state index is 0.176. The lowest BCUT2D eigenvalue weighted by Crippen LogP contribution is -2.27. The van der Waals surface area contributed by atoms with Crippen LogP contribution in [0.5, 0.6) is 0 Å². The van der Waals surface area contributed by atoms with Crippen molar-refractivity contribution in [3.05, 3.63) is 35.4 Å². The molecule has 1 aromatic carbocycles. The van der Waals surface area contributed by atoms with Gasteiger partial charge in [0.2, 0.25) is 0 Å². The van der Waals surface area contributed by atoms with Crippen molar-refractivity contribution < 1.29 is 0 Å². The summed E-state index contributed by atoms with van der Waals surface area (Å²) in [6.07, 6.45) is 2.30. The predicted octanol–water partition coefficient (Wildman–Crippen LogP) is 2.40. The predicted molar refractivity (Wildman–Crippen MR) is 54.4 cm³/mol. The Morgan fingerprint density at radius 2 is 2.08 bits per heavy atom. The first-order chi connectivity index (χ1) is 5.79. The molecule has 0 aliphatic heterocycles. The fourth-order valence-electron chi connectivity index (χ4n) is 1.75. The molecule has 1 aliphatic carbocycles. The van der Waals surface area contributed by atoms with Gasteiger partial charge in [-0.2, -0.15) is 0 Å². The van der Waals surface area contributed by atoms with Crippen molar-refractivity contribution in [1.82, 2.24) is 0 Å². The van der Waals surface area contributed by atoms with Crippen LogP contribution in [0.25, 0.3) is 0 Å². The molecule has 0 aromatic heterocycles. The van der Waals surface area contributed by atoms with Gasteiger partial charge in [0, 0.05) is 10.9 Å². The maximum Gasteiger partial charge on any atom is 0.0424 e. The van der Waals surface area contributed by atoms with Gasteiger partial charge in [0.15, 0.2) is 0 Å². The Morgan fingerprint density at radius 3 is 2.92 bits per heavy atom. The van der Waals surface area contributed by atoms with E-state index >= 15 is 0 Å². The van der Waals surface area contributed by atoms with Gasteiger partial charge in [0.25, 0.3) is 0 Å². The fourth-order valence-corrected chi connectivity index (χ4v) is 2.27. The molecule has 0 bridgehead atoms. The third-order valence-corrected chi connectivity index (χ3v) is 3.52. The lowest BCUT2D eigenvalue weighted by Gasteiger charge is -2.26. The first-order valence-corrected chi connectivity index (χ1v) is 5.18. The highest BCUT2D eigenvalue weighted by Crippen LogP contribution is 2.32. The van der Waals surface area contributed by atoms with Crippen LogP contribution in [0.1, 0.15) is 23.6 Å². The summed E-state index contributed by atoms with van der Waals surface area (Å²) in [6, 6.07) is 8.63. The average Bonchev–Trinajstić information content (AvgIpc) is 2.12. The van der Waals surface area contributed by atoms with Crippen LogP contribution in [0.2, 0.25) is 0 Å². The molecule has 2 heteroatoms. The monoisotopic (exact) mass is 225 g/mol. The number of benzene rings is 1. The smallest absolute Gasteiger partial charge is 0.0424 e. The zero-order chi connectivity index (χ0) is 8.55. The zero-order valence-corrected chi connectivity index (χ0v) is 8.42. The molecule has 0 saturated carbocycles. The van der Waals surface area contributed by atoms with E-state index < -0.39 is 0 Å². The Morgan fingerprint density at radius 1 is 1.33 bits per heavy atom. The van der Waals surface area contributed by atoms with E-state index in [1.165, 1.54) is 11.1 Å². The van der Waals surface area contributed by atoms with E-state index in [4.69, 9.17) is 5.73 Å². The van der Waals surface area contributed by atoms with Gasteiger partial charge in [-0.25, -0.2) is 0 Å². The highest BCUT2D eigenvalue weighted by atomic mass is 79.9. The highest BCUT2D eigenvalue weighted by Gasteiger charge is 2.23. The van der Waals surface area contributed by atoms with Crippen LogP contribution in [0.4, 0.5) is 0 Å². The van der Waals surface area contributed by atoms with Crippen molar-refractivity contribution in [2.24, 2.45) is 5.73 Å². The number of halogens is 1. The van der Waals surface area contributed by atoms with Gasteiger partial charge in [0.05, 0.1) is 0 Å². The second-order valence-corrected chi connectivity index (χ2v) is 4.46. The van der Waals surface area contributed by atoms with Crippen LogP contribution in [-0.4, -0.2) is 4.83 Å². The second-order valence-electron chi connectivity index (χ2n) is 3.28. The molecule has 0 spiro atoms. The molecule has 2 unspecified atom stereocenters. The van der Waals surface area contributed by atoms with Gasteiger partial charge in [-0.3, -0.25) is 0 Å². The van der Waals surface area contributed by atoms with E-state index in [1.54, 1.807) is 0 Å². The Labute approximate surface area is 81.1 Å². The van der Waals surface area contributed by atoms with E-state index in [2.05, 4.69) is 40.2 Å². The summed E-state index contributed by atoms with van der Waals surface area (Å²) in [7, 11) is 0. The van der Waals surface area contributed by atoms with Gasteiger partial charge in [0.1, 0.15) is 0 Å². The molecule has 1 nitrogen and oxygen atoms in total. The molecule has 0 fully saturated rings. The van der Waals surface area contributed by atoms with Gasteiger partial charge < -0.3 is 5.73 Å². The molecule has 2 N–H and O–H groups in total. The zero-order valence-electron chi connectivity index (χ0n) is 6.83. The minimum absolute atomic E-state index is 0.176. The van der Waals surface area contributed by atoms with Crippen molar-refractivity contribution in [2.45, 2.75) is 23.7 Å². The first-order valence-electron chi connectivity index (χ1n) is 4.26. The van der Waals surface area contributed by atoms with Crippen LogP contribution < -0.4 is 5.73 Å². The number of alkyl halides is 1. The maximum atomic E-state index is 6.04. The van der Waals surface area contributed by atoms with E-state index in [9.17, 15) is 0 Å². The van der Waals surface area contributed by atoms with E-state index in [0.29, 0.717) is 4.83 Å².